The van der Waals surface area contributed by atoms with E-state index in [1.165, 1.54) is 24.5 Å². The molecule has 3 N–H and O–H groups in total. The predicted octanol–water partition coefficient (Wildman–Crippen LogP) is 2.59. The first-order valence-corrected chi connectivity index (χ1v) is 10.1. The number of amides is 2. The lowest BCUT2D eigenvalue weighted by Gasteiger charge is -2.17. The first-order chi connectivity index (χ1) is 15.0. The van der Waals surface area contributed by atoms with Gasteiger partial charge in [0.25, 0.3) is 5.91 Å². The number of ether oxygens (including phenoxy) is 4. The van der Waals surface area contributed by atoms with Crippen LogP contribution in [0, 0.1) is 0 Å². The number of carbonyl (C=O) groups excluding carboxylic acids is 2. The molecule has 0 saturated carbocycles. The molecule has 0 unspecified atom stereocenters. The van der Waals surface area contributed by atoms with Gasteiger partial charge in [-0.05, 0) is 23.8 Å². The van der Waals surface area contributed by atoms with Crippen molar-refractivity contribution in [2.45, 2.75) is 0 Å². The van der Waals surface area contributed by atoms with E-state index in [2.05, 4.69) is 10.3 Å². The van der Waals surface area contributed by atoms with Crippen LogP contribution in [0.15, 0.2) is 36.4 Å². The van der Waals surface area contributed by atoms with Gasteiger partial charge in [-0.3, -0.25) is 14.9 Å². The van der Waals surface area contributed by atoms with Crippen LogP contribution in [-0.4, -0.2) is 43.7 Å². The number of rotatable bonds is 7. The van der Waals surface area contributed by atoms with Gasteiger partial charge >= 0.3 is 0 Å². The van der Waals surface area contributed by atoms with E-state index in [9.17, 15) is 9.59 Å². The highest BCUT2D eigenvalue weighted by molar-refractivity contribution is 7.22. The molecule has 0 spiro atoms. The number of carbonyl (C=O) groups is 2. The van der Waals surface area contributed by atoms with Gasteiger partial charge in [0.1, 0.15) is 13.2 Å². The van der Waals surface area contributed by atoms with E-state index < -0.39 is 5.91 Å². The summed E-state index contributed by atoms with van der Waals surface area (Å²) in [6, 6.07) is 8.72. The van der Waals surface area contributed by atoms with Crippen molar-refractivity contribution in [2.24, 2.45) is 5.73 Å². The fourth-order valence-electron chi connectivity index (χ4n) is 2.89. The third kappa shape index (κ3) is 4.86. The fraction of sp³-hybridized carbons (Fsp3) is 0.190. The standard InChI is InChI=1S/C21H19N3O6S/c1-27-15-8-12(2-4-14(15)30-11-19(22)25)3-5-20(26)24-21-23-13-9-16-17(10-18(13)31-21)29-7-6-28-16/h2-5,8-10H,6-7,11H2,1H3,(H2,22,25)(H,23,24,26)/b5-3+. The number of anilines is 1. The van der Waals surface area contributed by atoms with Gasteiger partial charge in [-0.1, -0.05) is 17.4 Å². The molecule has 2 amide bonds. The quantitative estimate of drug-likeness (QED) is 0.541. The molecule has 9 nitrogen and oxygen atoms in total. The first kappa shape index (κ1) is 20.5. The van der Waals surface area contributed by atoms with Crippen molar-refractivity contribution in [1.82, 2.24) is 4.98 Å². The maximum atomic E-state index is 12.3. The van der Waals surface area contributed by atoms with E-state index >= 15 is 0 Å². The number of fused-ring (bicyclic) bond motifs is 2. The molecular formula is C21H19N3O6S. The Morgan fingerprint density at radius 3 is 2.71 bits per heavy atom. The van der Waals surface area contributed by atoms with Crippen LogP contribution in [0.2, 0.25) is 0 Å². The Labute approximate surface area is 181 Å². The van der Waals surface area contributed by atoms with E-state index in [0.29, 0.717) is 46.9 Å². The second-order valence-electron chi connectivity index (χ2n) is 6.47. The SMILES string of the molecule is COc1cc(/C=C/C(=O)Nc2nc3cc4c(cc3s2)OCCO4)ccc1OCC(N)=O. The number of nitrogens with two attached hydrogens (primary N) is 1. The minimum atomic E-state index is -0.585. The highest BCUT2D eigenvalue weighted by Crippen LogP contribution is 2.37. The summed E-state index contributed by atoms with van der Waals surface area (Å²) in [5, 5.41) is 3.23. The number of thiazole rings is 1. The summed E-state index contributed by atoms with van der Waals surface area (Å²) in [5.74, 6) is 1.22. The third-order valence-corrected chi connectivity index (χ3v) is 5.20. The Morgan fingerprint density at radius 1 is 1.19 bits per heavy atom. The Kier molecular flexibility index (Phi) is 5.89. The summed E-state index contributed by atoms with van der Waals surface area (Å²) in [6.45, 7) is 0.756. The summed E-state index contributed by atoms with van der Waals surface area (Å²) in [4.78, 5) is 27.6. The van der Waals surface area contributed by atoms with Crippen LogP contribution < -0.4 is 30.0 Å². The van der Waals surface area contributed by atoms with E-state index in [-0.39, 0.29) is 12.5 Å². The molecule has 2 aromatic carbocycles. The average molecular weight is 441 g/mol. The zero-order valence-corrected chi connectivity index (χ0v) is 17.4. The van der Waals surface area contributed by atoms with Gasteiger partial charge in [0, 0.05) is 18.2 Å². The smallest absolute Gasteiger partial charge is 0.255 e. The number of benzene rings is 2. The number of methoxy groups -OCH3 is 1. The molecule has 10 heteroatoms. The van der Waals surface area contributed by atoms with Gasteiger partial charge in [-0.15, -0.1) is 0 Å². The maximum absolute atomic E-state index is 12.3. The summed E-state index contributed by atoms with van der Waals surface area (Å²) in [7, 11) is 1.48. The number of nitrogens with one attached hydrogen (secondary N) is 1. The molecule has 2 heterocycles. The molecule has 1 aromatic heterocycles. The van der Waals surface area contributed by atoms with Crippen LogP contribution >= 0.6 is 11.3 Å². The minimum Gasteiger partial charge on any atom is -0.493 e. The van der Waals surface area contributed by atoms with E-state index in [0.717, 1.165) is 10.2 Å². The summed E-state index contributed by atoms with van der Waals surface area (Å²) in [5.41, 5.74) is 6.52. The van der Waals surface area contributed by atoms with Crippen LogP contribution in [0.25, 0.3) is 16.3 Å². The summed E-state index contributed by atoms with van der Waals surface area (Å²) in [6.07, 6.45) is 3.02. The molecule has 0 aliphatic carbocycles. The monoisotopic (exact) mass is 441 g/mol. The topological polar surface area (TPSA) is 122 Å². The lowest BCUT2D eigenvalue weighted by molar-refractivity contribution is -0.120. The second kappa shape index (κ2) is 8.92. The first-order valence-electron chi connectivity index (χ1n) is 9.30. The zero-order chi connectivity index (χ0) is 21.8. The highest BCUT2D eigenvalue weighted by Gasteiger charge is 2.15. The molecule has 0 bridgehead atoms. The normalized spacial score (nSPS) is 12.7. The lowest BCUT2D eigenvalue weighted by Crippen LogP contribution is -2.20. The molecular weight excluding hydrogens is 422 g/mol. The van der Waals surface area contributed by atoms with E-state index in [4.69, 9.17) is 24.7 Å². The van der Waals surface area contributed by atoms with Crippen molar-refractivity contribution in [3.8, 4) is 23.0 Å². The van der Waals surface area contributed by atoms with Crippen molar-refractivity contribution < 1.29 is 28.5 Å². The van der Waals surface area contributed by atoms with Gasteiger partial charge in [-0.2, -0.15) is 0 Å². The van der Waals surface area contributed by atoms with Crippen LogP contribution in [0.4, 0.5) is 5.13 Å². The number of hydrogen-bond donors (Lipinski definition) is 2. The molecule has 0 fully saturated rings. The molecule has 1 aliphatic heterocycles. The molecule has 4 rings (SSSR count). The number of nitrogens with zero attached hydrogens (tertiary/aromatic N) is 1. The lowest BCUT2D eigenvalue weighted by atomic mass is 10.2. The molecule has 0 radical (unpaired) electrons. The van der Waals surface area contributed by atoms with Crippen molar-refractivity contribution in [3.63, 3.8) is 0 Å². The molecule has 3 aromatic rings. The largest absolute Gasteiger partial charge is 0.493 e. The Balaban J connectivity index is 1.44. The van der Waals surface area contributed by atoms with Crippen molar-refractivity contribution in [1.29, 1.82) is 0 Å². The van der Waals surface area contributed by atoms with Crippen LogP contribution in [-0.2, 0) is 9.59 Å². The Bertz CT molecular complexity index is 1130. The van der Waals surface area contributed by atoms with E-state index in [1.54, 1.807) is 30.3 Å². The van der Waals surface area contributed by atoms with Crippen LogP contribution in [0.1, 0.15) is 5.56 Å². The average Bonchev–Trinajstić information content (AvgIpc) is 3.15. The zero-order valence-electron chi connectivity index (χ0n) is 16.5. The Morgan fingerprint density at radius 2 is 1.97 bits per heavy atom. The molecule has 31 heavy (non-hydrogen) atoms. The summed E-state index contributed by atoms with van der Waals surface area (Å²) >= 11 is 1.35. The van der Waals surface area contributed by atoms with Crippen LogP contribution in [0.3, 0.4) is 0 Å². The van der Waals surface area contributed by atoms with Gasteiger partial charge in [-0.25, -0.2) is 4.98 Å². The van der Waals surface area contributed by atoms with Gasteiger partial charge in [0.2, 0.25) is 5.91 Å². The summed E-state index contributed by atoms with van der Waals surface area (Å²) < 4.78 is 22.6. The third-order valence-electron chi connectivity index (χ3n) is 4.27. The minimum absolute atomic E-state index is 0.253. The van der Waals surface area contributed by atoms with Gasteiger partial charge in [0.05, 0.1) is 17.3 Å². The van der Waals surface area contributed by atoms with Crippen molar-refractivity contribution in [2.75, 3.05) is 32.2 Å². The van der Waals surface area contributed by atoms with Crippen LogP contribution in [0.5, 0.6) is 23.0 Å². The number of primary amides is 1. The maximum Gasteiger partial charge on any atom is 0.255 e. The van der Waals surface area contributed by atoms with Gasteiger partial charge in [0.15, 0.2) is 34.7 Å². The Hall–Kier alpha value is -3.79. The number of hydrogen-bond acceptors (Lipinski definition) is 8. The molecule has 160 valence electrons. The predicted molar refractivity (Wildman–Crippen MR) is 116 cm³/mol. The molecule has 1 aliphatic rings. The second-order valence-corrected chi connectivity index (χ2v) is 7.50. The fourth-order valence-corrected chi connectivity index (χ4v) is 3.77. The van der Waals surface area contributed by atoms with Gasteiger partial charge < -0.3 is 24.7 Å². The van der Waals surface area contributed by atoms with Crippen molar-refractivity contribution in [3.05, 3.63) is 42.0 Å². The van der Waals surface area contributed by atoms with Crippen molar-refractivity contribution >= 4 is 44.6 Å². The molecule has 0 saturated heterocycles. The highest BCUT2D eigenvalue weighted by atomic mass is 32.1. The van der Waals surface area contributed by atoms with E-state index in [1.807, 2.05) is 6.07 Å². The number of aromatic nitrogens is 1. The molecule has 0 atom stereocenters.